The average molecular weight is 273 g/mol. The fraction of sp³-hybridized carbons (Fsp3) is 0.444. The van der Waals surface area contributed by atoms with E-state index in [2.05, 4.69) is 20.0 Å². The number of carbonyl (C=O) groups is 1. The van der Waals surface area contributed by atoms with Gasteiger partial charge in [0.15, 0.2) is 0 Å². The Bertz CT molecular complexity index is 514. The molecule has 0 aliphatic rings. The summed E-state index contributed by atoms with van der Waals surface area (Å²) >= 11 is 0. The van der Waals surface area contributed by atoms with Gasteiger partial charge >= 0.3 is 0 Å². The van der Waals surface area contributed by atoms with E-state index in [0.29, 0.717) is 5.95 Å². The molecule has 1 aromatic heterocycles. The van der Waals surface area contributed by atoms with Crippen molar-refractivity contribution in [2.75, 3.05) is 12.4 Å². The van der Waals surface area contributed by atoms with Crippen LogP contribution in [0, 0.1) is 0 Å². The summed E-state index contributed by atoms with van der Waals surface area (Å²) in [6.45, 7) is 1.55. The van der Waals surface area contributed by atoms with Gasteiger partial charge in [-0.15, -0.1) is 0 Å². The van der Waals surface area contributed by atoms with E-state index in [1.54, 1.807) is 14.0 Å². The van der Waals surface area contributed by atoms with E-state index in [4.69, 9.17) is 5.73 Å². The minimum atomic E-state index is -3.74. The zero-order valence-electron chi connectivity index (χ0n) is 10.0. The predicted octanol–water partition coefficient (Wildman–Crippen LogP) is -0.939. The molecule has 0 aliphatic carbocycles. The normalized spacial score (nSPS) is 13.0. The van der Waals surface area contributed by atoms with Crippen LogP contribution in [-0.4, -0.2) is 37.4 Å². The maximum Gasteiger partial charge on any atom is 0.243 e. The molecule has 0 spiro atoms. The summed E-state index contributed by atoms with van der Waals surface area (Å²) in [5, 5.41) is 2.67. The number of amides is 1. The first-order chi connectivity index (χ1) is 8.35. The first-order valence-corrected chi connectivity index (χ1v) is 6.64. The molecule has 18 heavy (non-hydrogen) atoms. The van der Waals surface area contributed by atoms with Crippen LogP contribution in [-0.2, 0) is 14.8 Å². The third kappa shape index (κ3) is 3.93. The minimum absolute atomic E-state index is 0.0715. The molecule has 100 valence electrons. The van der Waals surface area contributed by atoms with Gasteiger partial charge in [0.1, 0.15) is 4.90 Å². The van der Waals surface area contributed by atoms with E-state index in [1.165, 1.54) is 12.4 Å². The van der Waals surface area contributed by atoms with Gasteiger partial charge in [0.05, 0.1) is 12.4 Å². The highest BCUT2D eigenvalue weighted by atomic mass is 32.2. The summed E-state index contributed by atoms with van der Waals surface area (Å²) in [5.41, 5.74) is 4.98. The highest BCUT2D eigenvalue weighted by Gasteiger charge is 2.19. The maximum atomic E-state index is 11.9. The van der Waals surface area contributed by atoms with Crippen molar-refractivity contribution < 1.29 is 13.2 Å². The lowest BCUT2D eigenvalue weighted by Gasteiger charge is -2.12. The van der Waals surface area contributed by atoms with E-state index in [1.807, 2.05) is 0 Å². The third-order valence-electron chi connectivity index (χ3n) is 2.03. The second-order valence-electron chi connectivity index (χ2n) is 3.69. The molecule has 0 saturated heterocycles. The number of sulfonamides is 1. The first kappa shape index (κ1) is 14.3. The predicted molar refractivity (Wildman–Crippen MR) is 65.2 cm³/mol. The molecule has 1 heterocycles. The monoisotopic (exact) mass is 273 g/mol. The summed E-state index contributed by atoms with van der Waals surface area (Å²) in [5.74, 6) is -0.258. The Balaban J connectivity index is 2.82. The first-order valence-electron chi connectivity index (χ1n) is 5.15. The number of nitrogens with two attached hydrogens (primary N) is 1. The van der Waals surface area contributed by atoms with Crippen LogP contribution < -0.4 is 15.8 Å². The molecule has 0 aliphatic heterocycles. The molecule has 1 amide bonds. The molecule has 4 N–H and O–H groups in total. The van der Waals surface area contributed by atoms with Crippen molar-refractivity contribution in [2.24, 2.45) is 5.73 Å². The van der Waals surface area contributed by atoms with E-state index >= 15 is 0 Å². The molecule has 9 heteroatoms. The van der Waals surface area contributed by atoms with Crippen LogP contribution in [0.1, 0.15) is 13.3 Å². The van der Waals surface area contributed by atoms with Gasteiger partial charge in [0.2, 0.25) is 21.9 Å². The fourth-order valence-electron chi connectivity index (χ4n) is 1.26. The van der Waals surface area contributed by atoms with E-state index in [-0.39, 0.29) is 11.3 Å². The standard InChI is InChI=1S/C9H15N5O3S/c1-6(3-8(10)15)14-18(16,17)7-4-12-9(11-2)13-5-7/h4-6,14H,3H2,1-2H3,(H2,10,15)(H,11,12,13). The number of carbonyl (C=O) groups excluding carboxylic acids is 1. The van der Waals surface area contributed by atoms with Gasteiger partial charge in [-0.3, -0.25) is 4.79 Å². The van der Waals surface area contributed by atoms with E-state index in [0.717, 1.165) is 0 Å². The Morgan fingerprint density at radius 3 is 2.44 bits per heavy atom. The number of nitrogens with zero attached hydrogens (tertiary/aromatic N) is 2. The number of aromatic nitrogens is 2. The van der Waals surface area contributed by atoms with Crippen LogP contribution in [0.15, 0.2) is 17.3 Å². The van der Waals surface area contributed by atoms with Crippen molar-refractivity contribution in [1.82, 2.24) is 14.7 Å². The smallest absolute Gasteiger partial charge is 0.243 e. The molecule has 1 unspecified atom stereocenters. The van der Waals surface area contributed by atoms with Gasteiger partial charge in [0.25, 0.3) is 0 Å². The van der Waals surface area contributed by atoms with Crippen LogP contribution in [0.4, 0.5) is 5.95 Å². The van der Waals surface area contributed by atoms with Crippen LogP contribution in [0.3, 0.4) is 0 Å². The van der Waals surface area contributed by atoms with Crippen molar-refractivity contribution in [3.05, 3.63) is 12.4 Å². The number of hydrogen-bond acceptors (Lipinski definition) is 6. The molecule has 0 aromatic carbocycles. The zero-order chi connectivity index (χ0) is 13.8. The van der Waals surface area contributed by atoms with Crippen molar-refractivity contribution in [2.45, 2.75) is 24.3 Å². The lowest BCUT2D eigenvalue weighted by Crippen LogP contribution is -2.35. The summed E-state index contributed by atoms with van der Waals surface area (Å²) in [7, 11) is -2.12. The lowest BCUT2D eigenvalue weighted by molar-refractivity contribution is -0.118. The number of nitrogens with one attached hydrogen (secondary N) is 2. The van der Waals surface area contributed by atoms with Crippen molar-refractivity contribution >= 4 is 21.9 Å². The molecule has 0 bridgehead atoms. The second-order valence-corrected chi connectivity index (χ2v) is 5.40. The number of primary amides is 1. The average Bonchev–Trinajstić information content (AvgIpc) is 2.27. The van der Waals surface area contributed by atoms with Crippen molar-refractivity contribution in [1.29, 1.82) is 0 Å². The second kappa shape index (κ2) is 5.74. The zero-order valence-corrected chi connectivity index (χ0v) is 10.9. The highest BCUT2D eigenvalue weighted by molar-refractivity contribution is 7.89. The molecule has 1 rings (SSSR count). The lowest BCUT2D eigenvalue weighted by atomic mass is 10.2. The van der Waals surface area contributed by atoms with Gasteiger partial charge in [0, 0.05) is 19.5 Å². The van der Waals surface area contributed by atoms with Crippen LogP contribution in [0.2, 0.25) is 0 Å². The van der Waals surface area contributed by atoms with Gasteiger partial charge in [-0.1, -0.05) is 0 Å². The van der Waals surface area contributed by atoms with Crippen LogP contribution in [0.5, 0.6) is 0 Å². The fourth-order valence-corrected chi connectivity index (χ4v) is 2.39. The van der Waals surface area contributed by atoms with Crippen LogP contribution in [0.25, 0.3) is 0 Å². The number of rotatable bonds is 6. The van der Waals surface area contributed by atoms with Gasteiger partial charge in [-0.25, -0.2) is 23.1 Å². The molecule has 0 saturated carbocycles. The Kier molecular flexibility index (Phi) is 4.56. The SMILES string of the molecule is CNc1ncc(S(=O)(=O)NC(C)CC(N)=O)cn1. The summed E-state index contributed by atoms with van der Waals surface area (Å²) < 4.78 is 26.0. The Morgan fingerprint density at radius 2 is 2.00 bits per heavy atom. The highest BCUT2D eigenvalue weighted by Crippen LogP contribution is 2.08. The molecule has 1 atom stereocenters. The molecule has 0 fully saturated rings. The topological polar surface area (TPSA) is 127 Å². The summed E-state index contributed by atoms with van der Waals surface area (Å²) in [4.78, 5) is 18.2. The van der Waals surface area contributed by atoms with Crippen LogP contribution >= 0.6 is 0 Å². The maximum absolute atomic E-state index is 11.9. The van der Waals surface area contributed by atoms with E-state index < -0.39 is 22.0 Å². The van der Waals surface area contributed by atoms with Crippen molar-refractivity contribution in [3.63, 3.8) is 0 Å². The number of anilines is 1. The summed E-state index contributed by atoms with van der Waals surface area (Å²) in [6.07, 6.45) is 2.28. The molecular weight excluding hydrogens is 258 g/mol. The summed E-state index contributed by atoms with van der Waals surface area (Å²) in [6, 6.07) is -0.587. The molecule has 8 nitrogen and oxygen atoms in total. The van der Waals surface area contributed by atoms with Gasteiger partial charge in [-0.2, -0.15) is 0 Å². The molecular formula is C9H15N5O3S. The Labute approximate surface area is 105 Å². The molecule has 1 aromatic rings. The largest absolute Gasteiger partial charge is 0.370 e. The Morgan fingerprint density at radius 1 is 1.44 bits per heavy atom. The van der Waals surface area contributed by atoms with Crippen molar-refractivity contribution in [3.8, 4) is 0 Å². The van der Waals surface area contributed by atoms with Gasteiger partial charge in [-0.05, 0) is 6.92 Å². The van der Waals surface area contributed by atoms with Gasteiger partial charge < -0.3 is 11.1 Å². The quantitative estimate of drug-likeness (QED) is 0.614. The third-order valence-corrected chi connectivity index (χ3v) is 3.57. The van der Waals surface area contributed by atoms with E-state index in [9.17, 15) is 13.2 Å². The minimum Gasteiger partial charge on any atom is -0.370 e. The Hall–Kier alpha value is -1.74. The number of hydrogen-bond donors (Lipinski definition) is 3. The molecule has 0 radical (unpaired) electrons.